The van der Waals surface area contributed by atoms with Crippen LogP contribution in [0.2, 0.25) is 5.02 Å². The zero-order valence-electron chi connectivity index (χ0n) is 23.4. The van der Waals surface area contributed by atoms with Gasteiger partial charge in [-0.3, -0.25) is 9.59 Å². The summed E-state index contributed by atoms with van der Waals surface area (Å²) >= 11 is 7.65. The number of anilines is 2. The minimum atomic E-state index is -0.181. The Balaban J connectivity index is 1.42. The lowest BCUT2D eigenvalue weighted by molar-refractivity contribution is -0.112. The van der Waals surface area contributed by atoms with E-state index in [1.54, 1.807) is 16.2 Å². The van der Waals surface area contributed by atoms with Gasteiger partial charge in [0.2, 0.25) is 0 Å². The lowest BCUT2D eigenvalue weighted by Gasteiger charge is -2.33. The van der Waals surface area contributed by atoms with E-state index < -0.39 is 0 Å². The van der Waals surface area contributed by atoms with Crippen LogP contribution in [0, 0.1) is 11.3 Å². The topological polar surface area (TPSA) is 61.8 Å². The highest BCUT2D eigenvalue weighted by atomic mass is 35.5. The van der Waals surface area contributed by atoms with Crippen molar-refractivity contribution in [3.63, 3.8) is 0 Å². The zero-order chi connectivity index (χ0) is 28.7. The van der Waals surface area contributed by atoms with Crippen LogP contribution in [0.25, 0.3) is 0 Å². The van der Waals surface area contributed by atoms with Gasteiger partial charge in [0.15, 0.2) is 0 Å². The molecule has 2 heterocycles. The molecule has 7 heteroatoms. The third-order valence-corrected chi connectivity index (χ3v) is 9.50. The molecule has 0 saturated heterocycles. The van der Waals surface area contributed by atoms with Gasteiger partial charge in [-0.05, 0) is 72.1 Å². The van der Waals surface area contributed by atoms with Gasteiger partial charge in [-0.25, -0.2) is 4.99 Å². The molecule has 4 aromatic rings. The van der Waals surface area contributed by atoms with E-state index in [-0.39, 0.29) is 17.2 Å². The summed E-state index contributed by atoms with van der Waals surface area (Å²) in [4.78, 5) is 35.7. The smallest absolute Gasteiger partial charge is 0.277 e. The van der Waals surface area contributed by atoms with Crippen molar-refractivity contribution in [3.05, 3.63) is 111 Å². The molecule has 0 bridgehead atoms. The van der Waals surface area contributed by atoms with Crippen molar-refractivity contribution < 1.29 is 9.59 Å². The Kier molecular flexibility index (Phi) is 7.30. The van der Waals surface area contributed by atoms with Crippen LogP contribution in [0.3, 0.4) is 0 Å². The van der Waals surface area contributed by atoms with Crippen molar-refractivity contribution in [2.45, 2.75) is 46.6 Å². The van der Waals surface area contributed by atoms with Crippen molar-refractivity contribution in [2.75, 3.05) is 10.2 Å². The fourth-order valence-electron chi connectivity index (χ4n) is 5.74. The normalized spacial score (nSPS) is 17.5. The number of benzene rings is 3. The van der Waals surface area contributed by atoms with Gasteiger partial charge in [0.25, 0.3) is 11.8 Å². The number of rotatable bonds is 5. The van der Waals surface area contributed by atoms with Crippen LogP contribution in [0.4, 0.5) is 16.4 Å². The first-order valence-corrected chi connectivity index (χ1v) is 15.1. The molecule has 1 N–H and O–H groups in total. The molecule has 1 aliphatic heterocycles. The summed E-state index contributed by atoms with van der Waals surface area (Å²) in [5, 5.41) is 4.32. The standard InChI is InChI=1S/C34H32ClN3O2S/c1-34(2,3)22-15-18-26-28(19-22)41-32(29(26)31(39)36-24-9-5-4-6-10-24)37-30-25-11-7-8-12-27(25)38(33(30)40)20-21-13-16-23(35)17-14-21/h4-14,16-17,22H,15,18-20H2,1-3H3,(H,36,39)/t22-/m0/s1. The number of hydrogen-bond acceptors (Lipinski definition) is 4. The first-order chi connectivity index (χ1) is 19.7. The largest absolute Gasteiger partial charge is 0.322 e. The molecule has 0 spiro atoms. The Bertz CT molecular complexity index is 1650. The summed E-state index contributed by atoms with van der Waals surface area (Å²) in [5.74, 6) is 0.163. The number of carbonyl (C=O) groups excluding carboxylic acids is 2. The van der Waals surface area contributed by atoms with E-state index in [1.165, 1.54) is 4.88 Å². The Morgan fingerprint density at radius 3 is 2.46 bits per heavy atom. The van der Waals surface area contributed by atoms with Crippen molar-refractivity contribution in [2.24, 2.45) is 16.3 Å². The summed E-state index contributed by atoms with van der Waals surface area (Å²) in [6.45, 7) is 7.25. The van der Waals surface area contributed by atoms with E-state index in [4.69, 9.17) is 16.6 Å². The van der Waals surface area contributed by atoms with Gasteiger partial charge in [-0.15, -0.1) is 11.3 Å². The maximum absolute atomic E-state index is 13.9. The number of para-hydroxylation sites is 2. The molecule has 1 aliphatic carbocycles. The van der Waals surface area contributed by atoms with Crippen LogP contribution in [0.1, 0.15) is 59.1 Å². The Hall–Kier alpha value is -3.74. The predicted molar refractivity (Wildman–Crippen MR) is 169 cm³/mol. The summed E-state index contributed by atoms with van der Waals surface area (Å²) in [6, 6.07) is 24.7. The number of thiophene rings is 1. The van der Waals surface area contributed by atoms with Gasteiger partial charge in [0.1, 0.15) is 10.7 Å². The molecule has 1 aromatic heterocycles. The van der Waals surface area contributed by atoms with Crippen LogP contribution >= 0.6 is 22.9 Å². The van der Waals surface area contributed by atoms with Crippen molar-refractivity contribution in [1.82, 2.24) is 0 Å². The van der Waals surface area contributed by atoms with E-state index in [0.29, 0.717) is 33.8 Å². The van der Waals surface area contributed by atoms with Gasteiger partial charge >= 0.3 is 0 Å². The monoisotopic (exact) mass is 581 g/mol. The van der Waals surface area contributed by atoms with E-state index in [9.17, 15) is 9.59 Å². The highest BCUT2D eigenvalue weighted by molar-refractivity contribution is 7.16. The zero-order valence-corrected chi connectivity index (χ0v) is 25.0. The minimum Gasteiger partial charge on any atom is -0.322 e. The van der Waals surface area contributed by atoms with E-state index >= 15 is 0 Å². The molecule has 0 radical (unpaired) electrons. The summed E-state index contributed by atoms with van der Waals surface area (Å²) < 4.78 is 0. The van der Waals surface area contributed by atoms with E-state index in [2.05, 4.69) is 26.1 Å². The Morgan fingerprint density at radius 2 is 1.73 bits per heavy atom. The molecule has 2 amide bonds. The Labute approximate surface area is 249 Å². The van der Waals surface area contributed by atoms with Crippen molar-refractivity contribution >= 4 is 56.8 Å². The van der Waals surface area contributed by atoms with Crippen molar-refractivity contribution in [1.29, 1.82) is 0 Å². The van der Waals surface area contributed by atoms with Gasteiger partial charge in [-0.2, -0.15) is 0 Å². The number of fused-ring (bicyclic) bond motifs is 2. The maximum atomic E-state index is 13.9. The molecule has 2 aliphatic rings. The Morgan fingerprint density at radius 1 is 1.02 bits per heavy atom. The molecule has 41 heavy (non-hydrogen) atoms. The van der Waals surface area contributed by atoms with Crippen LogP contribution in [0.5, 0.6) is 0 Å². The van der Waals surface area contributed by atoms with E-state index in [0.717, 1.165) is 47.3 Å². The predicted octanol–water partition coefficient (Wildman–Crippen LogP) is 8.47. The van der Waals surface area contributed by atoms with Crippen LogP contribution < -0.4 is 10.2 Å². The summed E-state index contributed by atoms with van der Waals surface area (Å²) in [7, 11) is 0. The highest BCUT2D eigenvalue weighted by Crippen LogP contribution is 2.46. The number of nitrogens with one attached hydrogen (secondary N) is 1. The number of hydrogen-bond donors (Lipinski definition) is 1. The number of halogens is 1. The van der Waals surface area contributed by atoms with Crippen LogP contribution in [0.15, 0.2) is 83.9 Å². The second kappa shape index (κ2) is 10.9. The third kappa shape index (κ3) is 5.46. The lowest BCUT2D eigenvalue weighted by atomic mass is 9.72. The molecule has 0 fully saturated rings. The van der Waals surface area contributed by atoms with Gasteiger partial charge in [-0.1, -0.05) is 80.9 Å². The fourth-order valence-corrected chi connectivity index (χ4v) is 7.17. The van der Waals surface area contributed by atoms with Crippen molar-refractivity contribution in [3.8, 4) is 0 Å². The number of carbonyl (C=O) groups is 2. The average molecular weight is 582 g/mol. The van der Waals surface area contributed by atoms with Crippen LogP contribution in [-0.4, -0.2) is 17.5 Å². The fraction of sp³-hybridized carbons (Fsp3) is 0.265. The number of amides is 2. The molecule has 6 rings (SSSR count). The summed E-state index contributed by atoms with van der Waals surface area (Å²) in [5.41, 5.74) is 5.50. The maximum Gasteiger partial charge on any atom is 0.277 e. The third-order valence-electron chi connectivity index (χ3n) is 8.10. The highest BCUT2D eigenvalue weighted by Gasteiger charge is 2.37. The van der Waals surface area contributed by atoms with Gasteiger partial charge < -0.3 is 10.2 Å². The second-order valence-electron chi connectivity index (χ2n) is 11.8. The molecule has 0 saturated carbocycles. The quantitative estimate of drug-likeness (QED) is 0.257. The number of nitrogens with zero attached hydrogens (tertiary/aromatic N) is 2. The SMILES string of the molecule is CC(C)(C)[C@H]1CCc2c(sc(N=C3C(=O)N(Cc4ccc(Cl)cc4)c4ccccc43)c2C(=O)Nc2ccccc2)C1. The molecular formula is C34H32ClN3O2S. The molecule has 208 valence electrons. The molecular weight excluding hydrogens is 550 g/mol. The van der Waals surface area contributed by atoms with Crippen LogP contribution in [-0.2, 0) is 24.2 Å². The second-order valence-corrected chi connectivity index (χ2v) is 13.3. The first-order valence-electron chi connectivity index (χ1n) is 13.9. The lowest BCUT2D eigenvalue weighted by Crippen LogP contribution is -2.29. The summed E-state index contributed by atoms with van der Waals surface area (Å²) in [6.07, 6.45) is 2.75. The molecule has 3 aromatic carbocycles. The van der Waals surface area contributed by atoms with Gasteiger partial charge in [0, 0.05) is 21.2 Å². The average Bonchev–Trinajstić information content (AvgIpc) is 3.44. The molecule has 1 atom stereocenters. The first kappa shape index (κ1) is 27.4. The number of aliphatic imine (C=N–C) groups is 1. The molecule has 5 nitrogen and oxygen atoms in total. The minimum absolute atomic E-state index is 0.169. The van der Waals surface area contributed by atoms with E-state index in [1.807, 2.05) is 78.9 Å². The van der Waals surface area contributed by atoms with Gasteiger partial charge in [0.05, 0.1) is 17.8 Å². The molecule has 0 unspecified atom stereocenters.